The first kappa shape index (κ1) is 11.3. The van der Waals surface area contributed by atoms with Gasteiger partial charge in [-0.1, -0.05) is 18.2 Å². The van der Waals surface area contributed by atoms with Crippen LogP contribution in [0.25, 0.3) is 0 Å². The first-order valence-electron chi connectivity index (χ1n) is 6.59. The van der Waals surface area contributed by atoms with Crippen LogP contribution in [0.15, 0.2) is 42.7 Å². The van der Waals surface area contributed by atoms with Crippen LogP contribution in [0.1, 0.15) is 25.5 Å². The first-order chi connectivity index (χ1) is 8.75. The van der Waals surface area contributed by atoms with Crippen LogP contribution in [0.3, 0.4) is 0 Å². The van der Waals surface area contributed by atoms with E-state index in [2.05, 4.69) is 59.0 Å². The predicted octanol–water partition coefficient (Wildman–Crippen LogP) is 2.90. The summed E-state index contributed by atoms with van der Waals surface area (Å²) in [5, 5.41) is 4.40. The fourth-order valence-electron chi connectivity index (χ4n) is 2.77. The summed E-state index contributed by atoms with van der Waals surface area (Å²) < 4.78 is 2.09. The van der Waals surface area contributed by atoms with Gasteiger partial charge in [0.15, 0.2) is 0 Å². The number of hydrogen-bond acceptors (Lipinski definition) is 2. The summed E-state index contributed by atoms with van der Waals surface area (Å²) in [7, 11) is 0. The second-order valence-corrected chi connectivity index (χ2v) is 5.22. The first-order valence-corrected chi connectivity index (χ1v) is 6.59. The van der Waals surface area contributed by atoms with Crippen molar-refractivity contribution in [1.29, 1.82) is 0 Å². The summed E-state index contributed by atoms with van der Waals surface area (Å²) >= 11 is 0. The van der Waals surface area contributed by atoms with E-state index < -0.39 is 0 Å². The Hall–Kier alpha value is -1.77. The second kappa shape index (κ2) is 4.48. The van der Waals surface area contributed by atoms with Gasteiger partial charge >= 0.3 is 0 Å². The Balaban J connectivity index is 1.97. The van der Waals surface area contributed by atoms with Gasteiger partial charge < -0.3 is 4.90 Å². The molecule has 3 rings (SSSR count). The van der Waals surface area contributed by atoms with Gasteiger partial charge in [0.1, 0.15) is 0 Å². The minimum atomic E-state index is 0.442. The van der Waals surface area contributed by atoms with E-state index in [1.807, 2.05) is 12.3 Å². The van der Waals surface area contributed by atoms with Crippen LogP contribution >= 0.6 is 0 Å². The summed E-state index contributed by atoms with van der Waals surface area (Å²) in [5.41, 5.74) is 2.81. The van der Waals surface area contributed by atoms with Crippen LogP contribution in [-0.4, -0.2) is 22.4 Å². The fourth-order valence-corrected chi connectivity index (χ4v) is 2.77. The van der Waals surface area contributed by atoms with E-state index in [9.17, 15) is 0 Å². The Bertz CT molecular complexity index is 516. The summed E-state index contributed by atoms with van der Waals surface area (Å²) in [6, 6.07) is 11.7. The average molecular weight is 241 g/mol. The number of anilines is 1. The van der Waals surface area contributed by atoms with Crippen LogP contribution in [-0.2, 0) is 6.42 Å². The topological polar surface area (TPSA) is 21.1 Å². The molecule has 0 amide bonds. The summed E-state index contributed by atoms with van der Waals surface area (Å²) in [5.74, 6) is 0. The molecular weight excluding hydrogens is 222 g/mol. The molecule has 0 radical (unpaired) electrons. The molecule has 3 nitrogen and oxygen atoms in total. The number of fused-ring (bicyclic) bond motifs is 1. The van der Waals surface area contributed by atoms with Crippen molar-refractivity contribution in [2.24, 2.45) is 0 Å². The molecule has 1 aromatic carbocycles. The minimum Gasteiger partial charge on any atom is -0.367 e. The molecule has 18 heavy (non-hydrogen) atoms. The number of para-hydroxylation sites is 1. The molecule has 1 aliphatic rings. The van der Waals surface area contributed by atoms with Crippen molar-refractivity contribution >= 4 is 5.69 Å². The molecule has 1 atom stereocenters. The quantitative estimate of drug-likeness (QED) is 0.806. The van der Waals surface area contributed by atoms with Crippen molar-refractivity contribution in [2.75, 3.05) is 11.4 Å². The molecule has 0 saturated heterocycles. The molecule has 0 N–H and O–H groups in total. The van der Waals surface area contributed by atoms with Gasteiger partial charge in [0, 0.05) is 30.7 Å². The largest absolute Gasteiger partial charge is 0.367 e. The Morgan fingerprint density at radius 3 is 2.78 bits per heavy atom. The zero-order valence-corrected chi connectivity index (χ0v) is 11.0. The van der Waals surface area contributed by atoms with Crippen LogP contribution < -0.4 is 4.90 Å². The third-order valence-corrected chi connectivity index (χ3v) is 3.69. The van der Waals surface area contributed by atoms with Crippen molar-refractivity contribution in [3.05, 3.63) is 48.3 Å². The smallest absolute Gasteiger partial charge is 0.0735 e. The van der Waals surface area contributed by atoms with Crippen molar-refractivity contribution in [1.82, 2.24) is 9.78 Å². The molecule has 0 aliphatic carbocycles. The molecule has 0 spiro atoms. The lowest BCUT2D eigenvalue weighted by Crippen LogP contribution is -2.41. The van der Waals surface area contributed by atoms with E-state index in [1.54, 1.807) is 0 Å². The van der Waals surface area contributed by atoms with Gasteiger partial charge in [0.25, 0.3) is 0 Å². The molecule has 1 unspecified atom stereocenters. The van der Waals surface area contributed by atoms with Crippen molar-refractivity contribution in [3.63, 3.8) is 0 Å². The molecule has 0 fully saturated rings. The number of nitrogens with zero attached hydrogens (tertiary/aromatic N) is 3. The molecule has 0 saturated carbocycles. The lowest BCUT2D eigenvalue weighted by molar-refractivity contribution is 0.419. The Labute approximate surface area is 108 Å². The molecule has 3 heteroatoms. The zero-order valence-electron chi connectivity index (χ0n) is 11.0. The van der Waals surface area contributed by atoms with Gasteiger partial charge in [0.2, 0.25) is 0 Å². The molecule has 2 heterocycles. The lowest BCUT2D eigenvalue weighted by atomic mass is 9.97. The van der Waals surface area contributed by atoms with Crippen LogP contribution in [0.5, 0.6) is 0 Å². The summed E-state index contributed by atoms with van der Waals surface area (Å²) in [6.45, 7) is 5.54. The van der Waals surface area contributed by atoms with Gasteiger partial charge in [-0.05, 0) is 38.0 Å². The molecule has 2 aromatic rings. The standard InChI is InChI=1S/C15H19N3/c1-12(2)17-11-14(18-9-5-8-16-18)10-13-6-3-4-7-15(13)17/h3-9,12,14H,10-11H2,1-2H3. The minimum absolute atomic E-state index is 0.442. The highest BCUT2D eigenvalue weighted by Gasteiger charge is 2.26. The lowest BCUT2D eigenvalue weighted by Gasteiger charge is -2.38. The number of hydrogen-bond donors (Lipinski definition) is 0. The molecular formula is C15H19N3. The van der Waals surface area contributed by atoms with E-state index in [0.717, 1.165) is 13.0 Å². The zero-order chi connectivity index (χ0) is 12.5. The normalized spacial score (nSPS) is 19.1. The van der Waals surface area contributed by atoms with Gasteiger partial charge in [-0.2, -0.15) is 5.10 Å². The fraction of sp³-hybridized carbons (Fsp3) is 0.400. The second-order valence-electron chi connectivity index (χ2n) is 5.22. The van der Waals surface area contributed by atoms with Crippen LogP contribution in [0.4, 0.5) is 5.69 Å². The third kappa shape index (κ3) is 1.90. The van der Waals surface area contributed by atoms with Crippen LogP contribution in [0, 0.1) is 0 Å². The number of rotatable bonds is 2. The average Bonchev–Trinajstić information content (AvgIpc) is 2.91. The Kier molecular flexibility index (Phi) is 2.82. The maximum Gasteiger partial charge on any atom is 0.0735 e. The highest BCUT2D eigenvalue weighted by Crippen LogP contribution is 2.32. The monoisotopic (exact) mass is 241 g/mol. The maximum absolute atomic E-state index is 4.40. The SMILES string of the molecule is CC(C)N1CC(n2cccn2)Cc2ccccc21. The summed E-state index contributed by atoms with van der Waals surface area (Å²) in [4.78, 5) is 2.48. The number of aromatic nitrogens is 2. The molecule has 1 aliphatic heterocycles. The maximum atomic E-state index is 4.40. The number of benzene rings is 1. The van der Waals surface area contributed by atoms with Crippen LogP contribution in [0.2, 0.25) is 0 Å². The summed E-state index contributed by atoms with van der Waals surface area (Å²) in [6.07, 6.45) is 5.00. The van der Waals surface area contributed by atoms with Crippen molar-refractivity contribution in [2.45, 2.75) is 32.4 Å². The Morgan fingerprint density at radius 2 is 2.06 bits per heavy atom. The molecule has 0 bridgehead atoms. The van der Waals surface area contributed by atoms with E-state index in [1.165, 1.54) is 11.3 Å². The highest BCUT2D eigenvalue weighted by molar-refractivity contribution is 5.56. The van der Waals surface area contributed by atoms with E-state index in [-0.39, 0.29) is 0 Å². The van der Waals surface area contributed by atoms with Crippen molar-refractivity contribution < 1.29 is 0 Å². The molecule has 1 aromatic heterocycles. The Morgan fingerprint density at radius 1 is 1.22 bits per heavy atom. The highest BCUT2D eigenvalue weighted by atomic mass is 15.3. The van der Waals surface area contributed by atoms with E-state index >= 15 is 0 Å². The van der Waals surface area contributed by atoms with Gasteiger partial charge in [-0.15, -0.1) is 0 Å². The van der Waals surface area contributed by atoms with E-state index in [0.29, 0.717) is 12.1 Å². The van der Waals surface area contributed by atoms with Gasteiger partial charge in [-0.3, -0.25) is 4.68 Å². The van der Waals surface area contributed by atoms with Crippen molar-refractivity contribution in [3.8, 4) is 0 Å². The predicted molar refractivity (Wildman–Crippen MR) is 73.9 cm³/mol. The van der Waals surface area contributed by atoms with Gasteiger partial charge in [-0.25, -0.2) is 0 Å². The molecule has 94 valence electrons. The third-order valence-electron chi connectivity index (χ3n) is 3.69. The van der Waals surface area contributed by atoms with E-state index in [4.69, 9.17) is 0 Å². The van der Waals surface area contributed by atoms with Gasteiger partial charge in [0.05, 0.1) is 6.04 Å².